The number of imidazole rings is 1. The fraction of sp³-hybridized carbons (Fsp3) is 0.267. The number of rotatable bonds is 9. The van der Waals surface area contributed by atoms with Crippen molar-refractivity contribution >= 4 is 46.3 Å². The SMILES string of the molecule is O=C(O)c1ccc2nc(CN3CC(=Cc4cccc(COc5ccc(Cl)cc5Cl)c4)C3)n(C[C@@H]3CCO3)c2c1. The number of carbonyl (C=O) groups is 1. The van der Waals surface area contributed by atoms with Gasteiger partial charge in [0.2, 0.25) is 0 Å². The fourth-order valence-electron chi connectivity index (χ4n) is 4.96. The fourth-order valence-corrected chi connectivity index (χ4v) is 5.42. The highest BCUT2D eigenvalue weighted by molar-refractivity contribution is 6.35. The number of nitrogens with zero attached hydrogens (tertiary/aromatic N) is 3. The van der Waals surface area contributed by atoms with E-state index in [-0.39, 0.29) is 11.7 Å². The number of carboxylic acid groups (broad SMARTS) is 1. The summed E-state index contributed by atoms with van der Waals surface area (Å²) in [6, 6.07) is 18.6. The van der Waals surface area contributed by atoms with Crippen LogP contribution in [0.4, 0.5) is 0 Å². The van der Waals surface area contributed by atoms with E-state index in [4.69, 9.17) is 37.7 Å². The summed E-state index contributed by atoms with van der Waals surface area (Å²) >= 11 is 12.2. The molecule has 2 fully saturated rings. The van der Waals surface area contributed by atoms with Gasteiger partial charge >= 0.3 is 5.97 Å². The molecule has 1 N–H and O–H groups in total. The molecule has 2 aliphatic heterocycles. The van der Waals surface area contributed by atoms with Gasteiger partial charge in [0.15, 0.2) is 0 Å². The van der Waals surface area contributed by atoms with E-state index in [1.807, 2.05) is 12.1 Å². The van der Waals surface area contributed by atoms with Gasteiger partial charge in [-0.2, -0.15) is 0 Å². The van der Waals surface area contributed by atoms with Crippen molar-refractivity contribution in [2.45, 2.75) is 32.2 Å². The van der Waals surface area contributed by atoms with Crippen molar-refractivity contribution in [3.63, 3.8) is 0 Å². The Kier molecular flexibility index (Phi) is 7.32. The Hall–Kier alpha value is -3.36. The number of benzene rings is 3. The molecule has 1 atom stereocenters. The molecule has 0 amide bonds. The van der Waals surface area contributed by atoms with E-state index in [1.54, 1.807) is 36.4 Å². The number of carboxylic acids is 1. The molecule has 39 heavy (non-hydrogen) atoms. The van der Waals surface area contributed by atoms with Crippen LogP contribution < -0.4 is 4.74 Å². The lowest BCUT2D eigenvalue weighted by atomic mass is 10.0. The van der Waals surface area contributed by atoms with Crippen LogP contribution in [0.15, 0.2) is 66.2 Å². The lowest BCUT2D eigenvalue weighted by molar-refractivity contribution is -0.0592. The Labute approximate surface area is 236 Å². The molecular formula is C30H27Cl2N3O4. The number of likely N-dealkylation sites (tertiary alicyclic amines) is 1. The van der Waals surface area contributed by atoms with Crippen molar-refractivity contribution in [3.8, 4) is 5.75 Å². The Balaban J connectivity index is 1.11. The van der Waals surface area contributed by atoms with Crippen LogP contribution in [0, 0.1) is 0 Å². The molecule has 2 aliphatic rings. The van der Waals surface area contributed by atoms with Crippen LogP contribution in [-0.2, 0) is 24.4 Å². The Morgan fingerprint density at radius 3 is 2.72 bits per heavy atom. The predicted molar refractivity (Wildman–Crippen MR) is 152 cm³/mol. The number of halogens is 2. The lowest BCUT2D eigenvalue weighted by Crippen LogP contribution is -2.40. The summed E-state index contributed by atoms with van der Waals surface area (Å²) in [5.74, 6) is 0.601. The maximum atomic E-state index is 11.5. The molecule has 7 nitrogen and oxygen atoms in total. The zero-order chi connectivity index (χ0) is 26.9. The summed E-state index contributed by atoms with van der Waals surface area (Å²) < 4.78 is 13.7. The van der Waals surface area contributed by atoms with E-state index in [0.717, 1.165) is 54.1 Å². The number of hydrogen-bond donors (Lipinski definition) is 1. The van der Waals surface area contributed by atoms with Crippen molar-refractivity contribution in [2.24, 2.45) is 0 Å². The number of ether oxygens (including phenoxy) is 2. The predicted octanol–water partition coefficient (Wildman–Crippen LogP) is 6.31. The van der Waals surface area contributed by atoms with E-state index in [1.165, 1.54) is 5.57 Å². The molecule has 4 aromatic rings. The molecule has 1 aromatic heterocycles. The highest BCUT2D eigenvalue weighted by Crippen LogP contribution is 2.29. The van der Waals surface area contributed by atoms with E-state index >= 15 is 0 Å². The summed E-state index contributed by atoms with van der Waals surface area (Å²) in [6.07, 6.45) is 3.37. The molecule has 3 heterocycles. The first-order valence-corrected chi connectivity index (χ1v) is 13.6. The summed E-state index contributed by atoms with van der Waals surface area (Å²) in [5, 5.41) is 10.5. The standard InChI is InChI=1S/C30H27Cl2N3O4/c31-23-5-7-28(25(32)13-23)39-18-20-3-1-2-19(10-20)11-21-14-34(15-21)17-29-33-26-6-4-22(30(36)37)12-27(26)35(29)16-24-8-9-38-24/h1-7,10-13,24H,8-9,14-18H2,(H,36,37)/t24-/m0/s1. The Morgan fingerprint density at radius 1 is 1.13 bits per heavy atom. The van der Waals surface area contributed by atoms with Gasteiger partial charge in [0, 0.05) is 24.7 Å². The molecule has 200 valence electrons. The summed E-state index contributed by atoms with van der Waals surface area (Å²) in [7, 11) is 0. The first-order valence-electron chi connectivity index (χ1n) is 12.8. The zero-order valence-corrected chi connectivity index (χ0v) is 22.7. The maximum absolute atomic E-state index is 11.5. The van der Waals surface area contributed by atoms with Crippen LogP contribution in [-0.4, -0.2) is 51.3 Å². The zero-order valence-electron chi connectivity index (χ0n) is 21.1. The van der Waals surface area contributed by atoms with Gasteiger partial charge in [-0.25, -0.2) is 9.78 Å². The van der Waals surface area contributed by atoms with Crippen LogP contribution in [0.2, 0.25) is 10.0 Å². The summed E-state index contributed by atoms with van der Waals surface area (Å²) in [4.78, 5) is 18.7. The minimum absolute atomic E-state index is 0.147. The molecular weight excluding hydrogens is 537 g/mol. The second-order valence-corrected chi connectivity index (χ2v) is 10.8. The Bertz CT molecular complexity index is 1570. The van der Waals surface area contributed by atoms with Crippen molar-refractivity contribution in [1.82, 2.24) is 14.5 Å². The van der Waals surface area contributed by atoms with Crippen LogP contribution in [0.5, 0.6) is 5.75 Å². The van der Waals surface area contributed by atoms with Crippen LogP contribution in [0.25, 0.3) is 17.1 Å². The minimum Gasteiger partial charge on any atom is -0.487 e. The third kappa shape index (κ3) is 5.82. The number of fused-ring (bicyclic) bond motifs is 1. The van der Waals surface area contributed by atoms with E-state index in [0.29, 0.717) is 35.5 Å². The van der Waals surface area contributed by atoms with Crippen LogP contribution >= 0.6 is 23.2 Å². The van der Waals surface area contributed by atoms with Gasteiger partial charge in [-0.3, -0.25) is 4.90 Å². The third-order valence-corrected chi connectivity index (χ3v) is 7.61. The lowest BCUT2D eigenvalue weighted by Gasteiger charge is -2.34. The summed E-state index contributed by atoms with van der Waals surface area (Å²) in [5.41, 5.74) is 5.44. The largest absolute Gasteiger partial charge is 0.487 e. The highest BCUT2D eigenvalue weighted by atomic mass is 35.5. The van der Waals surface area contributed by atoms with Gasteiger partial charge in [0.25, 0.3) is 0 Å². The summed E-state index contributed by atoms with van der Waals surface area (Å²) in [6.45, 7) is 4.26. The molecule has 9 heteroatoms. The molecule has 0 bridgehead atoms. The van der Waals surface area contributed by atoms with E-state index in [2.05, 4.69) is 27.7 Å². The van der Waals surface area contributed by atoms with Gasteiger partial charge in [0.1, 0.15) is 18.2 Å². The van der Waals surface area contributed by atoms with Gasteiger partial charge < -0.3 is 19.1 Å². The van der Waals surface area contributed by atoms with Gasteiger partial charge in [-0.15, -0.1) is 0 Å². The van der Waals surface area contributed by atoms with Gasteiger partial charge in [-0.05, 0) is 65.6 Å². The first kappa shape index (κ1) is 25.9. The van der Waals surface area contributed by atoms with Crippen LogP contribution in [0.1, 0.15) is 33.7 Å². The first-order chi connectivity index (χ1) is 18.9. The van der Waals surface area contributed by atoms with Gasteiger partial charge in [0.05, 0.1) is 40.8 Å². The monoisotopic (exact) mass is 563 g/mol. The maximum Gasteiger partial charge on any atom is 0.335 e. The third-order valence-electron chi connectivity index (χ3n) is 7.08. The molecule has 6 rings (SSSR count). The molecule has 0 unspecified atom stereocenters. The van der Waals surface area contributed by atoms with Crippen LogP contribution in [0.3, 0.4) is 0 Å². The second kappa shape index (κ2) is 11.0. The quantitative estimate of drug-likeness (QED) is 0.257. The molecule has 0 aliphatic carbocycles. The minimum atomic E-state index is -0.937. The Morgan fingerprint density at radius 2 is 1.97 bits per heavy atom. The van der Waals surface area contributed by atoms with Crippen molar-refractivity contribution in [1.29, 1.82) is 0 Å². The van der Waals surface area contributed by atoms with E-state index in [9.17, 15) is 9.90 Å². The van der Waals surface area contributed by atoms with Gasteiger partial charge in [-0.1, -0.05) is 47.5 Å². The molecule has 0 saturated carbocycles. The topological polar surface area (TPSA) is 76.8 Å². The van der Waals surface area contributed by atoms with E-state index < -0.39 is 5.97 Å². The molecule has 2 saturated heterocycles. The van der Waals surface area contributed by atoms with Crippen molar-refractivity contribution < 1.29 is 19.4 Å². The average Bonchev–Trinajstić information content (AvgIpc) is 3.20. The number of hydrogen-bond acceptors (Lipinski definition) is 5. The molecule has 0 radical (unpaired) electrons. The normalized spacial score (nSPS) is 17.1. The molecule has 3 aromatic carbocycles. The number of aromatic nitrogens is 2. The number of aromatic carboxylic acids is 1. The highest BCUT2D eigenvalue weighted by Gasteiger charge is 2.26. The average molecular weight is 564 g/mol. The van der Waals surface area contributed by atoms with Crippen molar-refractivity contribution in [2.75, 3.05) is 19.7 Å². The van der Waals surface area contributed by atoms with Crippen molar-refractivity contribution in [3.05, 3.63) is 98.8 Å². The smallest absolute Gasteiger partial charge is 0.335 e. The second-order valence-electron chi connectivity index (χ2n) is 9.98. The molecule has 0 spiro atoms.